The van der Waals surface area contributed by atoms with E-state index >= 15 is 0 Å². The van der Waals surface area contributed by atoms with Gasteiger partial charge in [0.05, 0.1) is 0 Å². The highest BCUT2D eigenvalue weighted by Gasteiger charge is 2.37. The van der Waals surface area contributed by atoms with Gasteiger partial charge in [0, 0.05) is 4.88 Å². The van der Waals surface area contributed by atoms with E-state index in [9.17, 15) is 13.2 Å². The first-order valence-corrected chi connectivity index (χ1v) is 4.65. The number of aliphatic hydroxyl groups excluding tert-OH is 1. The SMILES string of the molecule is OC(CCc1cccs1)C(F)(F)F. The summed E-state index contributed by atoms with van der Waals surface area (Å²) >= 11 is 1.40. The summed E-state index contributed by atoms with van der Waals surface area (Å²) in [5, 5.41) is 10.5. The Hall–Kier alpha value is -0.550. The fraction of sp³-hybridized carbons (Fsp3) is 0.500. The van der Waals surface area contributed by atoms with Crippen molar-refractivity contribution in [1.82, 2.24) is 0 Å². The molecule has 13 heavy (non-hydrogen) atoms. The molecule has 0 aliphatic heterocycles. The van der Waals surface area contributed by atoms with Crippen LogP contribution in [0.5, 0.6) is 0 Å². The van der Waals surface area contributed by atoms with E-state index in [0.717, 1.165) is 4.88 Å². The van der Waals surface area contributed by atoms with E-state index in [0.29, 0.717) is 0 Å². The normalized spacial score (nSPS) is 14.5. The summed E-state index contributed by atoms with van der Waals surface area (Å²) in [7, 11) is 0. The van der Waals surface area contributed by atoms with Crippen LogP contribution in [0, 0.1) is 0 Å². The second-order valence-electron chi connectivity index (χ2n) is 2.68. The van der Waals surface area contributed by atoms with Crippen LogP contribution in [0.3, 0.4) is 0 Å². The molecule has 0 spiro atoms. The average molecular weight is 210 g/mol. The maximum atomic E-state index is 11.8. The number of halogens is 3. The second kappa shape index (κ2) is 4.11. The van der Waals surface area contributed by atoms with E-state index in [1.54, 1.807) is 17.5 Å². The van der Waals surface area contributed by atoms with Crippen molar-refractivity contribution < 1.29 is 18.3 Å². The molecule has 0 saturated carbocycles. The number of hydrogen-bond donors (Lipinski definition) is 1. The van der Waals surface area contributed by atoms with Crippen molar-refractivity contribution in [3.8, 4) is 0 Å². The van der Waals surface area contributed by atoms with Gasteiger partial charge in [-0.1, -0.05) is 6.07 Å². The molecule has 0 amide bonds. The molecule has 1 atom stereocenters. The molecule has 1 heterocycles. The van der Waals surface area contributed by atoms with Gasteiger partial charge in [0.25, 0.3) is 0 Å². The third-order valence-electron chi connectivity index (χ3n) is 1.62. The van der Waals surface area contributed by atoms with Crippen LogP contribution in [0.25, 0.3) is 0 Å². The zero-order valence-electron chi connectivity index (χ0n) is 6.71. The summed E-state index contributed by atoms with van der Waals surface area (Å²) in [6.45, 7) is 0. The van der Waals surface area contributed by atoms with Crippen molar-refractivity contribution in [2.24, 2.45) is 0 Å². The van der Waals surface area contributed by atoms with Crippen LogP contribution in [0.2, 0.25) is 0 Å². The first kappa shape index (κ1) is 10.5. The monoisotopic (exact) mass is 210 g/mol. The third kappa shape index (κ3) is 3.36. The Balaban J connectivity index is 2.35. The quantitative estimate of drug-likeness (QED) is 0.813. The van der Waals surface area contributed by atoms with Gasteiger partial charge in [-0.3, -0.25) is 0 Å². The van der Waals surface area contributed by atoms with E-state index in [4.69, 9.17) is 5.11 Å². The number of rotatable bonds is 3. The first-order chi connectivity index (χ1) is 6.00. The summed E-state index contributed by atoms with van der Waals surface area (Å²) in [6.07, 6.45) is -6.67. The molecule has 5 heteroatoms. The highest BCUT2D eigenvalue weighted by molar-refractivity contribution is 7.09. The summed E-state index contributed by atoms with van der Waals surface area (Å²) in [4.78, 5) is 0.864. The van der Waals surface area contributed by atoms with Crippen LogP contribution < -0.4 is 0 Å². The minimum atomic E-state index is -4.49. The Morgan fingerprint density at radius 3 is 2.62 bits per heavy atom. The minimum absolute atomic E-state index is 0.260. The molecular formula is C8H9F3OS. The van der Waals surface area contributed by atoms with Crippen molar-refractivity contribution in [1.29, 1.82) is 0 Å². The third-order valence-corrected chi connectivity index (χ3v) is 2.56. The zero-order valence-corrected chi connectivity index (χ0v) is 7.53. The molecule has 0 aliphatic rings. The second-order valence-corrected chi connectivity index (χ2v) is 3.71. The van der Waals surface area contributed by atoms with Crippen molar-refractivity contribution >= 4 is 11.3 Å². The molecule has 1 N–H and O–H groups in total. The number of aliphatic hydroxyl groups is 1. The maximum Gasteiger partial charge on any atom is 0.414 e. The lowest BCUT2D eigenvalue weighted by atomic mass is 10.2. The molecule has 0 aromatic carbocycles. The van der Waals surface area contributed by atoms with E-state index in [1.165, 1.54) is 11.3 Å². The lowest BCUT2D eigenvalue weighted by molar-refractivity contribution is -0.205. The number of thiophene rings is 1. The van der Waals surface area contributed by atoms with Crippen molar-refractivity contribution in [2.45, 2.75) is 25.1 Å². The molecule has 1 aromatic rings. The van der Waals surface area contributed by atoms with Gasteiger partial charge in [-0.25, -0.2) is 0 Å². The molecule has 0 bridgehead atoms. The van der Waals surface area contributed by atoms with Crippen molar-refractivity contribution in [3.63, 3.8) is 0 Å². The Kier molecular flexibility index (Phi) is 3.33. The summed E-state index contributed by atoms with van der Waals surface area (Å²) < 4.78 is 35.5. The zero-order chi connectivity index (χ0) is 9.90. The van der Waals surface area contributed by atoms with Crippen LogP contribution in [-0.2, 0) is 6.42 Å². The Morgan fingerprint density at radius 1 is 1.46 bits per heavy atom. The fourth-order valence-electron chi connectivity index (χ4n) is 0.897. The van der Waals surface area contributed by atoms with Crippen molar-refractivity contribution in [2.75, 3.05) is 0 Å². The molecule has 1 aromatic heterocycles. The Bertz CT molecular complexity index is 242. The van der Waals surface area contributed by atoms with Gasteiger partial charge < -0.3 is 5.11 Å². The Labute approximate surface area is 77.8 Å². The molecule has 0 aliphatic carbocycles. The standard InChI is InChI=1S/C8H9F3OS/c9-8(10,11)7(12)4-3-6-2-1-5-13-6/h1-2,5,7,12H,3-4H2. The lowest BCUT2D eigenvalue weighted by Crippen LogP contribution is -2.28. The van der Waals surface area contributed by atoms with E-state index < -0.39 is 12.3 Å². The first-order valence-electron chi connectivity index (χ1n) is 3.77. The van der Waals surface area contributed by atoms with E-state index in [-0.39, 0.29) is 12.8 Å². The number of hydrogen-bond acceptors (Lipinski definition) is 2. The highest BCUT2D eigenvalue weighted by Crippen LogP contribution is 2.24. The number of aryl methyl sites for hydroxylation is 1. The molecule has 0 saturated heterocycles. The van der Waals surface area contributed by atoms with Crippen LogP contribution in [0.15, 0.2) is 17.5 Å². The van der Waals surface area contributed by atoms with Crippen LogP contribution in [0.4, 0.5) is 13.2 Å². The van der Waals surface area contributed by atoms with Gasteiger partial charge >= 0.3 is 6.18 Å². The lowest BCUT2D eigenvalue weighted by Gasteiger charge is -2.13. The van der Waals surface area contributed by atoms with Gasteiger partial charge in [0.15, 0.2) is 0 Å². The van der Waals surface area contributed by atoms with Gasteiger partial charge in [-0.05, 0) is 24.3 Å². The van der Waals surface area contributed by atoms with Gasteiger partial charge in [-0.2, -0.15) is 13.2 Å². The average Bonchev–Trinajstić information content (AvgIpc) is 2.50. The predicted molar refractivity (Wildman–Crippen MR) is 44.7 cm³/mol. The van der Waals surface area contributed by atoms with Crippen LogP contribution in [0.1, 0.15) is 11.3 Å². The van der Waals surface area contributed by atoms with Gasteiger partial charge in [0.2, 0.25) is 0 Å². The maximum absolute atomic E-state index is 11.8. The molecule has 74 valence electrons. The highest BCUT2D eigenvalue weighted by atomic mass is 32.1. The molecule has 1 nitrogen and oxygen atoms in total. The minimum Gasteiger partial charge on any atom is -0.384 e. The smallest absolute Gasteiger partial charge is 0.384 e. The fourth-order valence-corrected chi connectivity index (χ4v) is 1.62. The van der Waals surface area contributed by atoms with Crippen molar-refractivity contribution in [3.05, 3.63) is 22.4 Å². The van der Waals surface area contributed by atoms with Gasteiger partial charge in [0.1, 0.15) is 6.10 Å². The predicted octanol–water partition coefficient (Wildman–Crippen LogP) is 2.60. The molecule has 1 unspecified atom stereocenters. The topological polar surface area (TPSA) is 20.2 Å². The number of alkyl halides is 3. The molecule has 1 rings (SSSR count). The molecular weight excluding hydrogens is 201 g/mol. The summed E-state index contributed by atoms with van der Waals surface area (Å²) in [6, 6.07) is 3.54. The summed E-state index contributed by atoms with van der Waals surface area (Å²) in [5.74, 6) is 0. The van der Waals surface area contributed by atoms with E-state index in [2.05, 4.69) is 0 Å². The van der Waals surface area contributed by atoms with Crippen LogP contribution in [-0.4, -0.2) is 17.4 Å². The largest absolute Gasteiger partial charge is 0.414 e. The van der Waals surface area contributed by atoms with Gasteiger partial charge in [-0.15, -0.1) is 11.3 Å². The van der Waals surface area contributed by atoms with Crippen LogP contribution >= 0.6 is 11.3 Å². The van der Waals surface area contributed by atoms with E-state index in [1.807, 2.05) is 0 Å². The molecule has 0 radical (unpaired) electrons. The molecule has 0 fully saturated rings. The Morgan fingerprint density at radius 2 is 2.15 bits per heavy atom. The summed E-state index contributed by atoms with van der Waals surface area (Å²) in [5.41, 5.74) is 0.